The van der Waals surface area contributed by atoms with E-state index in [2.05, 4.69) is 15.3 Å². The number of benzene rings is 2. The normalized spacial score (nSPS) is 10.3. The number of para-hydroxylation sites is 1. The Balaban J connectivity index is 1.95. The molecule has 1 N–H and O–H groups in total. The van der Waals surface area contributed by atoms with Gasteiger partial charge in [-0.1, -0.05) is 24.3 Å². The van der Waals surface area contributed by atoms with Crippen LogP contribution in [-0.2, 0) is 11.3 Å². The molecule has 160 valence electrons. The molecule has 0 aliphatic rings. The molecule has 10 heteroatoms. The highest BCUT2D eigenvalue weighted by Crippen LogP contribution is 2.36. The number of aromatic nitrogens is 2. The zero-order valence-electron chi connectivity index (χ0n) is 17.2. The van der Waals surface area contributed by atoms with Crippen molar-refractivity contribution in [3.63, 3.8) is 0 Å². The van der Waals surface area contributed by atoms with Crippen LogP contribution in [-0.4, -0.2) is 42.1 Å². The van der Waals surface area contributed by atoms with Gasteiger partial charge in [0.25, 0.3) is 0 Å². The molecule has 0 unspecified atom stereocenters. The molecule has 0 bridgehead atoms. The van der Waals surface area contributed by atoms with Crippen LogP contribution in [0.4, 0.5) is 23.0 Å². The third-order valence-electron chi connectivity index (χ3n) is 4.59. The van der Waals surface area contributed by atoms with E-state index in [0.29, 0.717) is 18.0 Å². The molecule has 0 atom stereocenters. The van der Waals surface area contributed by atoms with E-state index in [4.69, 9.17) is 9.47 Å². The Morgan fingerprint density at radius 2 is 1.84 bits per heavy atom. The van der Waals surface area contributed by atoms with Gasteiger partial charge in [-0.25, -0.2) is 14.8 Å². The molecule has 0 amide bonds. The van der Waals surface area contributed by atoms with Crippen molar-refractivity contribution >= 4 is 29.0 Å². The van der Waals surface area contributed by atoms with Gasteiger partial charge in [0.15, 0.2) is 0 Å². The molecule has 0 spiro atoms. The zero-order valence-corrected chi connectivity index (χ0v) is 17.2. The Labute approximate surface area is 178 Å². The average molecular weight is 423 g/mol. The summed E-state index contributed by atoms with van der Waals surface area (Å²) in [6, 6.07) is 13.9. The Bertz CT molecular complexity index is 1090. The van der Waals surface area contributed by atoms with Gasteiger partial charge in [-0.3, -0.25) is 10.1 Å². The number of nitrogens with one attached hydrogen (secondary N) is 1. The first-order valence-corrected chi connectivity index (χ1v) is 9.23. The summed E-state index contributed by atoms with van der Waals surface area (Å²) in [5.74, 6) is 0.253. The van der Waals surface area contributed by atoms with Crippen molar-refractivity contribution in [1.29, 1.82) is 0 Å². The summed E-state index contributed by atoms with van der Waals surface area (Å²) in [7, 11) is 4.44. The van der Waals surface area contributed by atoms with Crippen molar-refractivity contribution in [2.75, 3.05) is 31.5 Å². The molecule has 3 rings (SSSR count). The van der Waals surface area contributed by atoms with Crippen LogP contribution in [0.2, 0.25) is 0 Å². The molecular formula is C21H21N5O5. The van der Waals surface area contributed by atoms with Crippen molar-refractivity contribution in [3.8, 4) is 5.75 Å². The van der Waals surface area contributed by atoms with Gasteiger partial charge in [0, 0.05) is 13.6 Å². The Morgan fingerprint density at radius 1 is 1.13 bits per heavy atom. The van der Waals surface area contributed by atoms with Gasteiger partial charge in [0.05, 0.1) is 30.4 Å². The summed E-state index contributed by atoms with van der Waals surface area (Å²) >= 11 is 0. The Morgan fingerprint density at radius 3 is 2.48 bits per heavy atom. The fourth-order valence-corrected chi connectivity index (χ4v) is 3.00. The fraction of sp³-hybridized carbons (Fsp3) is 0.190. The quantitative estimate of drug-likeness (QED) is 0.329. The predicted octanol–water partition coefficient (Wildman–Crippen LogP) is 3.56. The second-order valence-electron chi connectivity index (χ2n) is 6.42. The molecule has 0 aliphatic heterocycles. The predicted molar refractivity (Wildman–Crippen MR) is 115 cm³/mol. The van der Waals surface area contributed by atoms with E-state index in [1.54, 1.807) is 50.6 Å². The zero-order chi connectivity index (χ0) is 22.4. The van der Waals surface area contributed by atoms with Crippen LogP contribution in [0.5, 0.6) is 5.75 Å². The maximum atomic E-state index is 12.1. The number of hydrogen-bond donors (Lipinski definition) is 1. The number of nitro groups is 1. The van der Waals surface area contributed by atoms with Crippen LogP contribution in [0.25, 0.3) is 0 Å². The van der Waals surface area contributed by atoms with E-state index < -0.39 is 10.9 Å². The lowest BCUT2D eigenvalue weighted by Gasteiger charge is -2.21. The fourth-order valence-electron chi connectivity index (χ4n) is 3.00. The lowest BCUT2D eigenvalue weighted by Crippen LogP contribution is -2.18. The molecule has 2 aromatic carbocycles. The van der Waals surface area contributed by atoms with E-state index in [-0.39, 0.29) is 22.9 Å². The van der Waals surface area contributed by atoms with Crippen LogP contribution in [0.1, 0.15) is 15.9 Å². The average Bonchev–Trinajstić information content (AvgIpc) is 2.81. The number of nitrogens with zero attached hydrogens (tertiary/aromatic N) is 4. The highest BCUT2D eigenvalue weighted by atomic mass is 16.6. The molecule has 0 saturated carbocycles. The van der Waals surface area contributed by atoms with Crippen molar-refractivity contribution < 1.29 is 19.2 Å². The number of hydrogen-bond acceptors (Lipinski definition) is 9. The number of carbonyl (C=O) groups is 1. The molecule has 0 saturated heterocycles. The number of esters is 1. The van der Waals surface area contributed by atoms with Crippen molar-refractivity contribution in [3.05, 3.63) is 76.1 Å². The molecular weight excluding hydrogens is 402 g/mol. The molecule has 0 aliphatic carbocycles. The molecule has 1 aromatic heterocycles. The first-order valence-electron chi connectivity index (χ1n) is 9.23. The van der Waals surface area contributed by atoms with Crippen LogP contribution in [0.15, 0.2) is 54.9 Å². The summed E-state index contributed by atoms with van der Waals surface area (Å²) in [6.45, 7) is 0.309. The third-order valence-corrected chi connectivity index (χ3v) is 4.59. The second-order valence-corrected chi connectivity index (χ2v) is 6.42. The lowest BCUT2D eigenvalue weighted by molar-refractivity contribution is -0.383. The summed E-state index contributed by atoms with van der Waals surface area (Å²) in [6.07, 6.45) is 1.23. The first kappa shape index (κ1) is 21.5. The molecule has 0 fully saturated rings. The smallest absolute Gasteiger partial charge is 0.353 e. The molecule has 1 heterocycles. The van der Waals surface area contributed by atoms with E-state index in [1.165, 1.54) is 18.3 Å². The van der Waals surface area contributed by atoms with Gasteiger partial charge in [0.2, 0.25) is 11.6 Å². The minimum atomic E-state index is -0.558. The van der Waals surface area contributed by atoms with Gasteiger partial charge in [-0.05, 0) is 29.8 Å². The molecule has 31 heavy (non-hydrogen) atoms. The van der Waals surface area contributed by atoms with Crippen LogP contribution in [0.3, 0.4) is 0 Å². The molecule has 0 radical (unpaired) electrons. The lowest BCUT2D eigenvalue weighted by atomic mass is 10.1. The van der Waals surface area contributed by atoms with E-state index in [9.17, 15) is 14.9 Å². The maximum absolute atomic E-state index is 12.1. The van der Waals surface area contributed by atoms with Gasteiger partial charge in [-0.2, -0.15) is 0 Å². The van der Waals surface area contributed by atoms with Gasteiger partial charge >= 0.3 is 11.7 Å². The Kier molecular flexibility index (Phi) is 6.61. The number of rotatable bonds is 8. The molecule has 3 aromatic rings. The van der Waals surface area contributed by atoms with Crippen molar-refractivity contribution in [2.24, 2.45) is 0 Å². The summed E-state index contributed by atoms with van der Waals surface area (Å²) < 4.78 is 9.95. The third kappa shape index (κ3) is 4.69. The summed E-state index contributed by atoms with van der Waals surface area (Å²) in [5.41, 5.74) is 1.25. The van der Waals surface area contributed by atoms with E-state index in [1.807, 2.05) is 12.1 Å². The number of anilines is 3. The second kappa shape index (κ2) is 9.53. The van der Waals surface area contributed by atoms with Crippen molar-refractivity contribution in [1.82, 2.24) is 9.97 Å². The SMILES string of the molecule is COC(=O)c1ccccc1N(C)c1ncnc(NCc2ccc(OC)cc2)c1[N+](=O)[O-]. The van der Waals surface area contributed by atoms with E-state index >= 15 is 0 Å². The highest BCUT2D eigenvalue weighted by Gasteiger charge is 2.28. The number of methoxy groups -OCH3 is 2. The van der Waals surface area contributed by atoms with Crippen LogP contribution in [0, 0.1) is 10.1 Å². The summed E-state index contributed by atoms with van der Waals surface area (Å²) in [4.78, 5) is 33.1. The van der Waals surface area contributed by atoms with Gasteiger partial charge in [-0.15, -0.1) is 0 Å². The minimum absolute atomic E-state index is 0.0357. The largest absolute Gasteiger partial charge is 0.497 e. The Hall–Kier alpha value is -4.21. The highest BCUT2D eigenvalue weighted by molar-refractivity contribution is 5.97. The van der Waals surface area contributed by atoms with Gasteiger partial charge < -0.3 is 19.7 Å². The van der Waals surface area contributed by atoms with Crippen molar-refractivity contribution in [2.45, 2.75) is 6.54 Å². The number of carbonyl (C=O) groups excluding carboxylic acids is 1. The maximum Gasteiger partial charge on any atom is 0.353 e. The van der Waals surface area contributed by atoms with E-state index in [0.717, 1.165) is 5.56 Å². The topological polar surface area (TPSA) is 120 Å². The molecule has 10 nitrogen and oxygen atoms in total. The standard InChI is InChI=1S/C21H21N5O5/c1-25(17-7-5-4-6-16(17)21(27)31-3)20-18(26(28)29)19(23-13-24-20)22-12-14-8-10-15(30-2)11-9-14/h4-11,13H,12H2,1-3H3,(H,22,23,24). The minimum Gasteiger partial charge on any atom is -0.497 e. The monoisotopic (exact) mass is 423 g/mol. The van der Waals surface area contributed by atoms with Crippen LogP contribution < -0.4 is 15.0 Å². The van der Waals surface area contributed by atoms with Crippen LogP contribution >= 0.6 is 0 Å². The van der Waals surface area contributed by atoms with Gasteiger partial charge in [0.1, 0.15) is 12.1 Å². The summed E-state index contributed by atoms with van der Waals surface area (Å²) in [5, 5.41) is 14.9. The first-order chi connectivity index (χ1) is 15.0. The number of ether oxygens (including phenoxy) is 2.